The molecule has 1 aliphatic carbocycles. The zero-order chi connectivity index (χ0) is 16.2. The van der Waals surface area contributed by atoms with E-state index in [1.165, 1.54) is 6.42 Å². The summed E-state index contributed by atoms with van der Waals surface area (Å²) in [5.41, 5.74) is -0.0978. The lowest BCUT2D eigenvalue weighted by molar-refractivity contribution is 0.0924. The Morgan fingerprint density at radius 1 is 1.26 bits per heavy atom. The Morgan fingerprint density at radius 2 is 2.04 bits per heavy atom. The molecule has 0 saturated heterocycles. The second-order valence-electron chi connectivity index (χ2n) is 5.89. The van der Waals surface area contributed by atoms with Crippen LogP contribution in [0.1, 0.15) is 49.4 Å². The lowest BCUT2D eigenvalue weighted by Gasteiger charge is -2.22. The molecule has 0 unspecified atom stereocenters. The second kappa shape index (κ2) is 6.86. The first kappa shape index (κ1) is 15.6. The van der Waals surface area contributed by atoms with E-state index in [0.717, 1.165) is 25.7 Å². The van der Waals surface area contributed by atoms with E-state index in [1.807, 2.05) is 6.92 Å². The molecule has 1 aromatic carbocycles. The highest BCUT2D eigenvalue weighted by Crippen LogP contribution is 2.21. The molecule has 0 aliphatic heterocycles. The second-order valence-corrected chi connectivity index (χ2v) is 5.89. The normalized spacial score (nSPS) is 15.5. The molecule has 122 valence electrons. The summed E-state index contributed by atoms with van der Waals surface area (Å²) >= 11 is 0. The van der Waals surface area contributed by atoms with Gasteiger partial charge in [0.15, 0.2) is 0 Å². The zero-order valence-corrected chi connectivity index (χ0v) is 13.3. The van der Waals surface area contributed by atoms with Crippen LogP contribution in [0.5, 0.6) is 5.75 Å². The van der Waals surface area contributed by atoms with Gasteiger partial charge in [0.05, 0.1) is 6.61 Å². The number of ether oxygens (including phenoxy) is 1. The maximum Gasteiger partial charge on any atom is 0.349 e. The summed E-state index contributed by atoms with van der Waals surface area (Å²) < 4.78 is 10.7. The molecule has 1 saturated carbocycles. The van der Waals surface area contributed by atoms with Gasteiger partial charge in [0.25, 0.3) is 5.91 Å². The SMILES string of the molecule is CCOc1ccc2oc(=O)c(C(=O)NC3CCCCC3)cc2c1. The average molecular weight is 315 g/mol. The van der Waals surface area contributed by atoms with Crippen molar-refractivity contribution in [2.75, 3.05) is 6.61 Å². The summed E-state index contributed by atoms with van der Waals surface area (Å²) in [6.07, 6.45) is 5.40. The molecule has 0 radical (unpaired) electrons. The predicted octanol–water partition coefficient (Wildman–Crippen LogP) is 3.25. The number of benzene rings is 1. The van der Waals surface area contributed by atoms with Crippen molar-refractivity contribution in [2.24, 2.45) is 0 Å². The number of carbonyl (C=O) groups is 1. The molecule has 1 amide bonds. The highest BCUT2D eigenvalue weighted by atomic mass is 16.5. The Bertz CT molecular complexity index is 759. The third kappa shape index (κ3) is 3.55. The summed E-state index contributed by atoms with van der Waals surface area (Å²) in [7, 11) is 0. The van der Waals surface area contributed by atoms with Crippen LogP contribution in [-0.2, 0) is 0 Å². The van der Waals surface area contributed by atoms with E-state index in [1.54, 1.807) is 24.3 Å². The van der Waals surface area contributed by atoms with Crippen LogP contribution in [0.15, 0.2) is 33.5 Å². The highest BCUT2D eigenvalue weighted by molar-refractivity contribution is 5.96. The van der Waals surface area contributed by atoms with Crippen molar-refractivity contribution in [2.45, 2.75) is 45.1 Å². The van der Waals surface area contributed by atoms with Gasteiger partial charge in [-0.3, -0.25) is 4.79 Å². The van der Waals surface area contributed by atoms with Crippen molar-refractivity contribution in [3.05, 3.63) is 40.2 Å². The maximum absolute atomic E-state index is 12.4. The number of hydrogen-bond acceptors (Lipinski definition) is 4. The highest BCUT2D eigenvalue weighted by Gasteiger charge is 2.19. The zero-order valence-electron chi connectivity index (χ0n) is 13.3. The van der Waals surface area contributed by atoms with Gasteiger partial charge in [0.1, 0.15) is 16.9 Å². The maximum atomic E-state index is 12.4. The van der Waals surface area contributed by atoms with E-state index in [2.05, 4.69) is 5.32 Å². The molecule has 1 N–H and O–H groups in total. The van der Waals surface area contributed by atoms with E-state index < -0.39 is 5.63 Å². The molecule has 1 heterocycles. The van der Waals surface area contributed by atoms with Crippen LogP contribution in [0.2, 0.25) is 0 Å². The number of nitrogens with one attached hydrogen (secondary N) is 1. The van der Waals surface area contributed by atoms with Crippen LogP contribution in [0.4, 0.5) is 0 Å². The number of carbonyl (C=O) groups excluding carboxylic acids is 1. The minimum absolute atomic E-state index is 0.0525. The first-order chi connectivity index (χ1) is 11.2. The van der Waals surface area contributed by atoms with Gasteiger partial charge >= 0.3 is 5.63 Å². The quantitative estimate of drug-likeness (QED) is 0.879. The molecule has 2 aromatic rings. The molecule has 23 heavy (non-hydrogen) atoms. The molecular weight excluding hydrogens is 294 g/mol. The van der Waals surface area contributed by atoms with Gasteiger partial charge in [-0.15, -0.1) is 0 Å². The Labute approximate surface area is 134 Å². The van der Waals surface area contributed by atoms with Crippen LogP contribution in [0.25, 0.3) is 11.0 Å². The van der Waals surface area contributed by atoms with Gasteiger partial charge < -0.3 is 14.5 Å². The van der Waals surface area contributed by atoms with Crippen LogP contribution < -0.4 is 15.7 Å². The van der Waals surface area contributed by atoms with Gasteiger partial charge in [-0.1, -0.05) is 19.3 Å². The monoisotopic (exact) mass is 315 g/mol. The van der Waals surface area contributed by atoms with Crippen LogP contribution in [0.3, 0.4) is 0 Å². The van der Waals surface area contributed by atoms with Crippen LogP contribution >= 0.6 is 0 Å². The third-order valence-corrected chi connectivity index (χ3v) is 4.20. The molecule has 0 bridgehead atoms. The van der Waals surface area contributed by atoms with Crippen molar-refractivity contribution in [1.82, 2.24) is 5.32 Å². The largest absolute Gasteiger partial charge is 0.494 e. The topological polar surface area (TPSA) is 68.5 Å². The molecule has 3 rings (SSSR count). The van der Waals surface area contributed by atoms with Crippen molar-refractivity contribution in [3.63, 3.8) is 0 Å². The Hall–Kier alpha value is -2.30. The average Bonchev–Trinajstić information content (AvgIpc) is 2.55. The Morgan fingerprint density at radius 3 is 2.78 bits per heavy atom. The summed E-state index contributed by atoms with van der Waals surface area (Å²) in [6, 6.07) is 6.95. The lowest BCUT2D eigenvalue weighted by atomic mass is 9.95. The molecule has 5 nitrogen and oxygen atoms in total. The lowest BCUT2D eigenvalue weighted by Crippen LogP contribution is -2.38. The first-order valence-electron chi connectivity index (χ1n) is 8.19. The Balaban J connectivity index is 1.87. The van der Waals surface area contributed by atoms with Gasteiger partial charge in [0, 0.05) is 11.4 Å². The van der Waals surface area contributed by atoms with Gasteiger partial charge in [-0.25, -0.2) is 4.79 Å². The van der Waals surface area contributed by atoms with Gasteiger partial charge in [-0.2, -0.15) is 0 Å². The predicted molar refractivity (Wildman–Crippen MR) is 88.0 cm³/mol. The summed E-state index contributed by atoms with van der Waals surface area (Å²) in [5.74, 6) is 0.335. The summed E-state index contributed by atoms with van der Waals surface area (Å²) in [6.45, 7) is 2.45. The fourth-order valence-corrected chi connectivity index (χ4v) is 3.03. The van der Waals surface area contributed by atoms with Crippen molar-refractivity contribution in [1.29, 1.82) is 0 Å². The van der Waals surface area contributed by atoms with Crippen LogP contribution in [-0.4, -0.2) is 18.6 Å². The van der Waals surface area contributed by atoms with Crippen molar-refractivity contribution in [3.8, 4) is 5.75 Å². The van der Waals surface area contributed by atoms with Crippen molar-refractivity contribution < 1.29 is 13.9 Å². The number of hydrogen-bond donors (Lipinski definition) is 1. The van der Waals surface area contributed by atoms with E-state index in [9.17, 15) is 9.59 Å². The first-order valence-corrected chi connectivity index (χ1v) is 8.19. The van der Waals surface area contributed by atoms with Crippen molar-refractivity contribution >= 4 is 16.9 Å². The van der Waals surface area contributed by atoms with E-state index >= 15 is 0 Å². The molecule has 0 spiro atoms. The smallest absolute Gasteiger partial charge is 0.349 e. The van der Waals surface area contributed by atoms with Gasteiger partial charge in [0.2, 0.25) is 0 Å². The molecule has 1 aliphatic rings. The van der Waals surface area contributed by atoms with E-state index in [0.29, 0.717) is 23.3 Å². The fraction of sp³-hybridized carbons (Fsp3) is 0.444. The standard InChI is InChI=1S/C18H21NO4/c1-2-22-14-8-9-16-12(10-14)11-15(18(21)23-16)17(20)19-13-6-4-3-5-7-13/h8-11,13H,2-7H2,1H3,(H,19,20). The fourth-order valence-electron chi connectivity index (χ4n) is 3.03. The Kier molecular flexibility index (Phi) is 4.65. The number of rotatable bonds is 4. The van der Waals surface area contributed by atoms with E-state index in [4.69, 9.17) is 9.15 Å². The number of fused-ring (bicyclic) bond motifs is 1. The van der Waals surface area contributed by atoms with Crippen LogP contribution in [0, 0.1) is 0 Å². The van der Waals surface area contributed by atoms with Gasteiger partial charge in [-0.05, 0) is 44.0 Å². The molecule has 5 heteroatoms. The minimum Gasteiger partial charge on any atom is -0.494 e. The van der Waals surface area contributed by atoms with E-state index in [-0.39, 0.29) is 17.5 Å². The molecular formula is C18H21NO4. The molecule has 1 aromatic heterocycles. The molecule has 1 fully saturated rings. The summed E-state index contributed by atoms with van der Waals surface area (Å²) in [4.78, 5) is 24.5. The molecule has 0 atom stereocenters. The number of amides is 1. The minimum atomic E-state index is -0.602. The summed E-state index contributed by atoms with van der Waals surface area (Å²) in [5, 5.41) is 3.63. The third-order valence-electron chi connectivity index (χ3n) is 4.20.